The highest BCUT2D eigenvalue weighted by Gasteiger charge is 2.42. The Morgan fingerprint density at radius 3 is 2.53 bits per heavy atom. The monoisotopic (exact) mass is 452 g/mol. The van der Waals surface area contributed by atoms with Crippen LogP contribution in [0.25, 0.3) is 5.57 Å². The van der Waals surface area contributed by atoms with E-state index in [4.69, 9.17) is 0 Å². The van der Waals surface area contributed by atoms with Gasteiger partial charge in [-0.2, -0.15) is 5.26 Å². The lowest BCUT2D eigenvalue weighted by atomic mass is 9.66. The first-order valence-electron chi connectivity index (χ1n) is 13.4. The standard InChI is InChI=1S/C31H38N3/c1-7-34-27-16-26-23(15-22(27)19(2)17-30(34,3)4)25(18-32)24-14-20-10-8-12-33-13-9-11-21(29(20)33)28(24)31(26,5)6/h14-16,19H,7-13,17H2,1-6H3/q+1. The van der Waals surface area contributed by atoms with E-state index in [0.29, 0.717) is 5.92 Å². The molecule has 0 bridgehead atoms. The molecule has 1 aliphatic carbocycles. The Morgan fingerprint density at radius 1 is 1.09 bits per heavy atom. The second kappa shape index (κ2) is 7.20. The van der Waals surface area contributed by atoms with E-state index in [1.54, 1.807) is 0 Å². The first kappa shape index (κ1) is 21.9. The quantitative estimate of drug-likeness (QED) is 0.595. The van der Waals surface area contributed by atoms with Crippen molar-refractivity contribution < 1.29 is 0 Å². The van der Waals surface area contributed by atoms with E-state index >= 15 is 0 Å². The first-order chi connectivity index (χ1) is 16.2. The van der Waals surface area contributed by atoms with E-state index in [2.05, 4.69) is 75.3 Å². The Hall–Kier alpha value is -2.60. The van der Waals surface area contributed by atoms with Crippen molar-refractivity contribution in [2.45, 2.75) is 90.5 Å². The number of rotatable bonds is 1. The van der Waals surface area contributed by atoms with Gasteiger partial charge in [0, 0.05) is 47.2 Å². The highest BCUT2D eigenvalue weighted by atomic mass is 15.2. The van der Waals surface area contributed by atoms with Gasteiger partial charge in [-0.05, 0) is 91.6 Å². The topological polar surface area (TPSA) is 30.0 Å². The summed E-state index contributed by atoms with van der Waals surface area (Å²) in [5.41, 5.74) is 10.6. The molecule has 0 spiro atoms. The van der Waals surface area contributed by atoms with E-state index in [1.807, 2.05) is 0 Å². The molecule has 3 aliphatic heterocycles. The van der Waals surface area contributed by atoms with Crippen molar-refractivity contribution >= 4 is 11.3 Å². The molecule has 6 rings (SSSR count). The molecule has 0 saturated heterocycles. The number of nitrogens with zero attached hydrogens (tertiary/aromatic N) is 3. The molecule has 0 N–H and O–H groups in total. The van der Waals surface area contributed by atoms with Crippen LogP contribution < -0.4 is 20.1 Å². The Balaban J connectivity index is 1.74. The van der Waals surface area contributed by atoms with Crippen molar-refractivity contribution in [3.05, 3.63) is 62.2 Å². The fourth-order valence-electron chi connectivity index (χ4n) is 8.02. The van der Waals surface area contributed by atoms with Gasteiger partial charge in [-0.15, -0.1) is 0 Å². The second-order valence-electron chi connectivity index (χ2n) is 12.2. The average Bonchev–Trinajstić information content (AvgIpc) is 2.79. The molecule has 1 atom stereocenters. The molecule has 3 nitrogen and oxygen atoms in total. The van der Waals surface area contributed by atoms with Crippen molar-refractivity contribution in [2.24, 2.45) is 0 Å². The summed E-state index contributed by atoms with van der Waals surface area (Å²) in [5, 5.41) is 13.3. The maximum Gasteiger partial charge on any atom is 0.206 e. The molecule has 0 fully saturated rings. The summed E-state index contributed by atoms with van der Waals surface area (Å²) >= 11 is 0. The maximum atomic E-state index is 10.5. The molecule has 4 aliphatic rings. The summed E-state index contributed by atoms with van der Waals surface area (Å²) in [6, 6.07) is 9.96. The van der Waals surface area contributed by atoms with Crippen molar-refractivity contribution in [1.82, 2.24) is 4.58 Å². The lowest BCUT2D eigenvalue weighted by molar-refractivity contribution is 0.381. The van der Waals surface area contributed by atoms with E-state index in [9.17, 15) is 5.26 Å². The zero-order chi connectivity index (χ0) is 24.0. The lowest BCUT2D eigenvalue weighted by Crippen LogP contribution is -2.49. The van der Waals surface area contributed by atoms with E-state index in [-0.39, 0.29) is 11.0 Å². The van der Waals surface area contributed by atoms with Gasteiger partial charge in [-0.3, -0.25) is 0 Å². The Labute approximate surface area is 204 Å². The fraction of sp³-hybridized carbons (Fsp3) is 0.548. The highest BCUT2D eigenvalue weighted by molar-refractivity contribution is 5.85. The molecule has 0 aromatic heterocycles. The van der Waals surface area contributed by atoms with Crippen LogP contribution >= 0.6 is 0 Å². The molecule has 0 saturated carbocycles. The predicted molar refractivity (Wildman–Crippen MR) is 140 cm³/mol. The molecule has 0 amide bonds. The zero-order valence-electron chi connectivity index (χ0n) is 21.8. The molecular formula is C31H38N3+. The number of aryl methyl sites for hydroxylation is 1. The van der Waals surface area contributed by atoms with Gasteiger partial charge in [0.05, 0.1) is 5.57 Å². The van der Waals surface area contributed by atoms with Crippen LogP contribution in [-0.2, 0) is 18.3 Å². The predicted octanol–water partition coefficient (Wildman–Crippen LogP) is 4.54. The second-order valence-corrected chi connectivity index (χ2v) is 12.2. The van der Waals surface area contributed by atoms with E-state index < -0.39 is 0 Å². The number of hydrogen-bond acceptors (Lipinski definition) is 2. The molecule has 0 radical (unpaired) electrons. The third-order valence-corrected chi connectivity index (χ3v) is 9.31. The van der Waals surface area contributed by atoms with Gasteiger partial charge in [0.15, 0.2) is 0 Å². The van der Waals surface area contributed by atoms with Crippen LogP contribution in [0.15, 0.2) is 18.2 Å². The van der Waals surface area contributed by atoms with Gasteiger partial charge in [-0.1, -0.05) is 20.8 Å². The van der Waals surface area contributed by atoms with Crippen molar-refractivity contribution in [1.29, 1.82) is 5.26 Å². The Morgan fingerprint density at radius 2 is 1.82 bits per heavy atom. The first-order valence-corrected chi connectivity index (χ1v) is 13.4. The third kappa shape index (κ3) is 2.78. The van der Waals surface area contributed by atoms with Gasteiger partial charge in [-0.25, -0.2) is 4.58 Å². The smallest absolute Gasteiger partial charge is 0.206 e. The molecule has 1 unspecified atom stereocenters. The molecule has 3 heteroatoms. The van der Waals surface area contributed by atoms with Crippen LogP contribution in [0.4, 0.5) is 5.69 Å². The number of anilines is 1. The van der Waals surface area contributed by atoms with Crippen LogP contribution in [0.3, 0.4) is 0 Å². The minimum Gasteiger partial charge on any atom is -0.366 e. The van der Waals surface area contributed by atoms with E-state index in [1.165, 1.54) is 75.6 Å². The summed E-state index contributed by atoms with van der Waals surface area (Å²) in [5.74, 6) is 0.487. The molecule has 34 heavy (non-hydrogen) atoms. The number of nitriles is 1. The Kier molecular flexibility index (Phi) is 4.64. The summed E-state index contributed by atoms with van der Waals surface area (Å²) in [7, 11) is 0. The molecular weight excluding hydrogens is 414 g/mol. The lowest BCUT2D eigenvalue weighted by Gasteiger charge is -2.48. The number of fused-ring (bicyclic) bond motifs is 4. The molecule has 176 valence electrons. The largest absolute Gasteiger partial charge is 0.366 e. The number of hydrogen-bond donors (Lipinski definition) is 0. The third-order valence-electron chi connectivity index (χ3n) is 9.31. The van der Waals surface area contributed by atoms with Crippen molar-refractivity contribution in [3.8, 4) is 6.07 Å². The normalized spacial score (nSPS) is 23.4. The van der Waals surface area contributed by atoms with Gasteiger partial charge in [0.1, 0.15) is 19.2 Å². The van der Waals surface area contributed by atoms with Gasteiger partial charge < -0.3 is 4.90 Å². The van der Waals surface area contributed by atoms with Crippen LogP contribution in [-0.4, -0.2) is 25.2 Å². The van der Waals surface area contributed by atoms with Crippen LogP contribution in [0.1, 0.15) is 100 Å². The van der Waals surface area contributed by atoms with Gasteiger partial charge >= 0.3 is 0 Å². The molecule has 2 aromatic carbocycles. The zero-order valence-corrected chi connectivity index (χ0v) is 21.8. The van der Waals surface area contributed by atoms with Gasteiger partial charge in [0.25, 0.3) is 0 Å². The average molecular weight is 453 g/mol. The van der Waals surface area contributed by atoms with E-state index in [0.717, 1.165) is 31.4 Å². The molecule has 3 heterocycles. The minimum atomic E-state index is -0.130. The molecule has 2 aromatic rings. The van der Waals surface area contributed by atoms with Crippen LogP contribution in [0.5, 0.6) is 0 Å². The fourth-order valence-corrected chi connectivity index (χ4v) is 8.02. The maximum absolute atomic E-state index is 10.5. The summed E-state index contributed by atoms with van der Waals surface area (Å²) in [4.78, 5) is 2.60. The summed E-state index contributed by atoms with van der Waals surface area (Å²) in [6.45, 7) is 17.6. The van der Waals surface area contributed by atoms with Gasteiger partial charge in [0.2, 0.25) is 5.36 Å². The minimum absolute atomic E-state index is 0.130. The summed E-state index contributed by atoms with van der Waals surface area (Å²) < 4.78 is 2.63. The van der Waals surface area contributed by atoms with Crippen molar-refractivity contribution in [2.75, 3.05) is 24.5 Å². The number of benzene rings is 2. The SMILES string of the molecule is CCN1c2cc3c(cc2C(C)CC1(C)C)C(C#N)=c1cc2c4c(c1C3(C)C)CCC[N+]=4CCC2. The Bertz CT molecular complexity index is 1400. The van der Waals surface area contributed by atoms with Crippen molar-refractivity contribution in [3.63, 3.8) is 0 Å². The van der Waals surface area contributed by atoms with Crippen LogP contribution in [0.2, 0.25) is 0 Å². The van der Waals surface area contributed by atoms with Crippen LogP contribution in [0, 0.1) is 11.3 Å². The highest BCUT2D eigenvalue weighted by Crippen LogP contribution is 2.48. The summed E-state index contributed by atoms with van der Waals surface area (Å²) in [6.07, 6.45) is 5.85.